The summed E-state index contributed by atoms with van der Waals surface area (Å²) >= 11 is 0. The van der Waals surface area contributed by atoms with Gasteiger partial charge in [-0.25, -0.2) is 0 Å². The third kappa shape index (κ3) is 8.16. The van der Waals surface area contributed by atoms with Gasteiger partial charge in [-0.15, -0.1) is 0 Å². The highest BCUT2D eigenvalue weighted by Crippen LogP contribution is 2.06. The summed E-state index contributed by atoms with van der Waals surface area (Å²) in [6.45, 7) is 9.87. The summed E-state index contributed by atoms with van der Waals surface area (Å²) < 4.78 is 0. The number of rotatable bonds is 8. The van der Waals surface area contributed by atoms with Crippen LogP contribution in [0.15, 0.2) is 0 Å². The highest BCUT2D eigenvalue weighted by molar-refractivity contribution is 5.76. The number of likely N-dealkylation sites (N-methyl/N-ethyl adjacent to an activating group) is 1. The minimum absolute atomic E-state index is 0.0897. The highest BCUT2D eigenvalue weighted by atomic mass is 16.1. The molecule has 0 aromatic rings. The maximum Gasteiger partial charge on any atom is 0.221 e. The number of hydrogen-bond acceptors (Lipinski definition) is 3. The Hall–Kier alpha value is -0.610. The van der Waals surface area contributed by atoms with Crippen molar-refractivity contribution in [3.63, 3.8) is 0 Å². The Balaban J connectivity index is 4.08. The zero-order chi connectivity index (χ0) is 13.4. The molecule has 0 aliphatic heterocycles. The average Bonchev–Trinajstić information content (AvgIpc) is 2.21. The first-order valence-electron chi connectivity index (χ1n) is 6.56. The van der Waals surface area contributed by atoms with Gasteiger partial charge in [0.1, 0.15) is 0 Å². The largest absolute Gasteiger partial charge is 0.354 e. The second-order valence-corrected chi connectivity index (χ2v) is 5.48. The standard InChI is InChI=1S/C13H29N3O/c1-10(2)6-7-16(5)12(9-14)8-13(17)15-11(3)4/h10-12H,6-9,14H2,1-5H3,(H,15,17). The van der Waals surface area contributed by atoms with Crippen LogP contribution in [-0.2, 0) is 4.79 Å². The van der Waals surface area contributed by atoms with Crippen LogP contribution in [0.25, 0.3) is 0 Å². The number of amides is 1. The van der Waals surface area contributed by atoms with Crippen molar-refractivity contribution in [3.05, 3.63) is 0 Å². The summed E-state index contributed by atoms with van der Waals surface area (Å²) in [5, 5.41) is 2.91. The zero-order valence-corrected chi connectivity index (χ0v) is 12.0. The number of nitrogens with one attached hydrogen (secondary N) is 1. The molecule has 0 spiro atoms. The molecule has 4 heteroatoms. The van der Waals surface area contributed by atoms with Crippen molar-refractivity contribution in [2.24, 2.45) is 11.7 Å². The Bertz CT molecular complexity index is 217. The van der Waals surface area contributed by atoms with Gasteiger partial charge in [0, 0.05) is 25.0 Å². The third-order valence-corrected chi connectivity index (χ3v) is 2.83. The molecule has 1 unspecified atom stereocenters. The molecule has 0 bridgehead atoms. The van der Waals surface area contributed by atoms with Gasteiger partial charge in [0.2, 0.25) is 5.91 Å². The van der Waals surface area contributed by atoms with Gasteiger partial charge in [-0.3, -0.25) is 4.79 Å². The lowest BCUT2D eigenvalue weighted by Gasteiger charge is -2.27. The molecule has 0 aliphatic rings. The molecule has 0 saturated carbocycles. The van der Waals surface area contributed by atoms with Crippen LogP contribution in [0.4, 0.5) is 0 Å². The normalized spacial score (nSPS) is 13.5. The van der Waals surface area contributed by atoms with E-state index in [1.54, 1.807) is 0 Å². The van der Waals surface area contributed by atoms with E-state index in [1.807, 2.05) is 20.9 Å². The fourth-order valence-corrected chi connectivity index (χ4v) is 1.66. The molecule has 0 aliphatic carbocycles. The van der Waals surface area contributed by atoms with Crippen LogP contribution in [0, 0.1) is 5.92 Å². The fraction of sp³-hybridized carbons (Fsp3) is 0.923. The first kappa shape index (κ1) is 16.4. The van der Waals surface area contributed by atoms with Crippen LogP contribution in [0.1, 0.15) is 40.5 Å². The Labute approximate surface area is 106 Å². The first-order valence-corrected chi connectivity index (χ1v) is 6.56. The molecule has 102 valence electrons. The van der Waals surface area contributed by atoms with Gasteiger partial charge < -0.3 is 16.0 Å². The SMILES string of the molecule is CC(C)CCN(C)C(CN)CC(=O)NC(C)C. The molecule has 0 saturated heterocycles. The average molecular weight is 243 g/mol. The van der Waals surface area contributed by atoms with Crippen molar-refractivity contribution < 1.29 is 4.79 Å². The number of hydrogen-bond donors (Lipinski definition) is 2. The second kappa shape index (κ2) is 8.48. The molecular weight excluding hydrogens is 214 g/mol. The number of nitrogens with zero attached hydrogens (tertiary/aromatic N) is 1. The highest BCUT2D eigenvalue weighted by Gasteiger charge is 2.17. The molecule has 17 heavy (non-hydrogen) atoms. The minimum Gasteiger partial charge on any atom is -0.354 e. The molecule has 0 heterocycles. The predicted octanol–water partition coefficient (Wildman–Crippen LogP) is 1.21. The lowest BCUT2D eigenvalue weighted by atomic mass is 10.1. The zero-order valence-electron chi connectivity index (χ0n) is 12.0. The number of nitrogens with two attached hydrogens (primary N) is 1. The first-order chi connectivity index (χ1) is 7.86. The summed E-state index contributed by atoms with van der Waals surface area (Å²) in [5.74, 6) is 0.771. The summed E-state index contributed by atoms with van der Waals surface area (Å²) in [4.78, 5) is 13.9. The van der Waals surface area contributed by atoms with Gasteiger partial charge >= 0.3 is 0 Å². The predicted molar refractivity (Wildman–Crippen MR) is 72.8 cm³/mol. The van der Waals surface area contributed by atoms with Crippen LogP contribution in [-0.4, -0.2) is 43.0 Å². The molecular formula is C13H29N3O. The Kier molecular flexibility index (Phi) is 8.17. The van der Waals surface area contributed by atoms with E-state index in [4.69, 9.17) is 5.73 Å². The van der Waals surface area contributed by atoms with E-state index in [-0.39, 0.29) is 18.0 Å². The maximum absolute atomic E-state index is 11.7. The van der Waals surface area contributed by atoms with Gasteiger partial charge in [-0.05, 0) is 39.8 Å². The van der Waals surface area contributed by atoms with Crippen molar-refractivity contribution in [3.8, 4) is 0 Å². The fourth-order valence-electron chi connectivity index (χ4n) is 1.66. The Morgan fingerprint density at radius 1 is 1.29 bits per heavy atom. The van der Waals surface area contributed by atoms with Gasteiger partial charge in [0.05, 0.1) is 0 Å². The number of carbonyl (C=O) groups is 1. The molecule has 3 N–H and O–H groups in total. The van der Waals surface area contributed by atoms with E-state index in [2.05, 4.69) is 24.1 Å². The molecule has 0 rings (SSSR count). The summed E-state index contributed by atoms with van der Waals surface area (Å²) in [6, 6.07) is 0.342. The van der Waals surface area contributed by atoms with Gasteiger partial charge in [-0.1, -0.05) is 13.8 Å². The molecule has 0 fully saturated rings. The van der Waals surface area contributed by atoms with Crippen molar-refractivity contribution >= 4 is 5.91 Å². The van der Waals surface area contributed by atoms with Crippen molar-refractivity contribution in [1.82, 2.24) is 10.2 Å². The quantitative estimate of drug-likeness (QED) is 0.673. The lowest BCUT2D eigenvalue weighted by molar-refractivity contribution is -0.122. The van der Waals surface area contributed by atoms with E-state index in [0.717, 1.165) is 13.0 Å². The minimum atomic E-state index is 0.0897. The lowest BCUT2D eigenvalue weighted by Crippen LogP contribution is -2.43. The van der Waals surface area contributed by atoms with Crippen molar-refractivity contribution in [2.45, 2.75) is 52.6 Å². The molecule has 1 amide bonds. The van der Waals surface area contributed by atoms with E-state index in [0.29, 0.717) is 18.9 Å². The van der Waals surface area contributed by atoms with E-state index in [1.165, 1.54) is 0 Å². The topological polar surface area (TPSA) is 58.4 Å². The van der Waals surface area contributed by atoms with E-state index < -0.39 is 0 Å². The van der Waals surface area contributed by atoms with Gasteiger partial charge in [0.25, 0.3) is 0 Å². The van der Waals surface area contributed by atoms with E-state index >= 15 is 0 Å². The summed E-state index contributed by atoms with van der Waals surface area (Å²) in [5.41, 5.74) is 5.74. The third-order valence-electron chi connectivity index (χ3n) is 2.83. The molecule has 0 aromatic heterocycles. The Morgan fingerprint density at radius 2 is 1.88 bits per heavy atom. The Morgan fingerprint density at radius 3 is 2.29 bits per heavy atom. The van der Waals surface area contributed by atoms with Crippen LogP contribution in [0.5, 0.6) is 0 Å². The molecule has 0 aromatic carbocycles. The van der Waals surface area contributed by atoms with Crippen molar-refractivity contribution in [2.75, 3.05) is 20.1 Å². The maximum atomic E-state index is 11.7. The van der Waals surface area contributed by atoms with Crippen LogP contribution in [0.2, 0.25) is 0 Å². The van der Waals surface area contributed by atoms with Crippen molar-refractivity contribution in [1.29, 1.82) is 0 Å². The summed E-state index contributed by atoms with van der Waals surface area (Å²) in [6.07, 6.45) is 1.63. The number of carbonyl (C=O) groups excluding carboxylic acids is 1. The smallest absolute Gasteiger partial charge is 0.221 e. The second-order valence-electron chi connectivity index (χ2n) is 5.48. The van der Waals surface area contributed by atoms with Gasteiger partial charge in [0.15, 0.2) is 0 Å². The van der Waals surface area contributed by atoms with E-state index in [9.17, 15) is 4.79 Å². The van der Waals surface area contributed by atoms with Crippen LogP contribution in [0.3, 0.4) is 0 Å². The van der Waals surface area contributed by atoms with Crippen LogP contribution >= 0.6 is 0 Å². The molecule has 0 radical (unpaired) electrons. The monoisotopic (exact) mass is 243 g/mol. The molecule has 4 nitrogen and oxygen atoms in total. The summed E-state index contributed by atoms with van der Waals surface area (Å²) in [7, 11) is 2.04. The van der Waals surface area contributed by atoms with Gasteiger partial charge in [-0.2, -0.15) is 0 Å². The van der Waals surface area contributed by atoms with Crippen LogP contribution < -0.4 is 11.1 Å². The molecule has 1 atom stereocenters.